The summed E-state index contributed by atoms with van der Waals surface area (Å²) in [7, 11) is 0. The van der Waals surface area contributed by atoms with E-state index in [1.807, 2.05) is 0 Å². The normalized spacial score (nSPS) is 6.29. The summed E-state index contributed by atoms with van der Waals surface area (Å²) in [4.78, 5) is 36.4. The van der Waals surface area contributed by atoms with E-state index in [0.717, 1.165) is 0 Å². The van der Waals surface area contributed by atoms with Gasteiger partial charge in [0.25, 0.3) is 0 Å². The monoisotopic (exact) mass is 303 g/mol. The number of carboxylic acid groups (broad SMARTS) is 4. The van der Waals surface area contributed by atoms with E-state index < -0.39 is 23.9 Å². The molecule has 0 aliphatic heterocycles. The Morgan fingerprint density at radius 3 is 0.643 bits per heavy atom. The minimum Gasteiger partial charge on any atom is -0.473 e. The third kappa shape index (κ3) is 22.5. The third-order valence-electron chi connectivity index (χ3n) is 0.366. The number of hydrogen-bond donors (Lipinski definition) is 4. The fraction of sp³-hybridized carbons (Fsp3) is 0. The Morgan fingerprint density at radius 2 is 0.643 bits per heavy atom. The average Bonchev–Trinajstić information content (AvgIpc) is 1.88. The molecule has 8 nitrogen and oxygen atoms in total. The Kier molecular flexibility index (Phi) is 19.8. The van der Waals surface area contributed by atoms with Crippen LogP contribution in [0.2, 0.25) is 0 Å². The van der Waals surface area contributed by atoms with E-state index >= 15 is 0 Å². The SMILES string of the molecule is O=C(O)C(=O)O.O=C(O)C(=O)O.[Co].[Zn]. The molecule has 0 unspecified atom stereocenters. The van der Waals surface area contributed by atoms with E-state index in [-0.39, 0.29) is 36.3 Å². The van der Waals surface area contributed by atoms with Crippen LogP contribution in [0.3, 0.4) is 0 Å². The quantitative estimate of drug-likeness (QED) is 0.306. The third-order valence-corrected chi connectivity index (χ3v) is 0.366. The molecule has 0 aromatic heterocycles. The standard InChI is InChI=1S/2C2H2O4.Co.Zn/c2*3-1(4)2(5)6;;/h2*(H,3,4)(H,5,6);;. The van der Waals surface area contributed by atoms with Crippen LogP contribution in [0.5, 0.6) is 0 Å². The van der Waals surface area contributed by atoms with Gasteiger partial charge < -0.3 is 20.4 Å². The molecule has 0 heterocycles. The first-order chi connectivity index (χ1) is 5.29. The first-order valence-electron chi connectivity index (χ1n) is 2.21. The summed E-state index contributed by atoms with van der Waals surface area (Å²) in [5, 5.41) is 29.6. The molecule has 0 amide bonds. The van der Waals surface area contributed by atoms with Gasteiger partial charge in [0.05, 0.1) is 0 Å². The molecule has 0 aliphatic rings. The molecule has 0 saturated heterocycles. The zero-order valence-electron chi connectivity index (χ0n) is 6.46. The second kappa shape index (κ2) is 12.0. The van der Waals surface area contributed by atoms with Crippen molar-refractivity contribution in [2.24, 2.45) is 0 Å². The van der Waals surface area contributed by atoms with Gasteiger partial charge in [-0.15, -0.1) is 0 Å². The van der Waals surface area contributed by atoms with Crippen molar-refractivity contribution in [3.63, 3.8) is 0 Å². The molecule has 0 bridgehead atoms. The summed E-state index contributed by atoms with van der Waals surface area (Å²) in [6, 6.07) is 0. The minimum atomic E-state index is -1.82. The molecule has 0 rings (SSSR count). The van der Waals surface area contributed by atoms with Crippen molar-refractivity contribution < 1.29 is 75.9 Å². The molecule has 0 saturated carbocycles. The molecule has 4 N–H and O–H groups in total. The van der Waals surface area contributed by atoms with E-state index in [1.54, 1.807) is 0 Å². The fourth-order valence-electron chi connectivity index (χ4n) is 0. The first-order valence-corrected chi connectivity index (χ1v) is 2.21. The maximum atomic E-state index is 9.10. The Bertz CT molecular complexity index is 177. The van der Waals surface area contributed by atoms with Crippen molar-refractivity contribution in [1.82, 2.24) is 0 Å². The van der Waals surface area contributed by atoms with Crippen LogP contribution in [0.1, 0.15) is 0 Å². The van der Waals surface area contributed by atoms with Gasteiger partial charge in [0.2, 0.25) is 0 Å². The molecule has 79 valence electrons. The molecular formula is C4H4CoO8Zn. The zero-order valence-corrected chi connectivity index (χ0v) is 10.5. The van der Waals surface area contributed by atoms with Crippen LogP contribution < -0.4 is 0 Å². The number of aliphatic carboxylic acids is 4. The van der Waals surface area contributed by atoms with E-state index in [4.69, 9.17) is 39.6 Å². The van der Waals surface area contributed by atoms with Crippen molar-refractivity contribution in [3.8, 4) is 0 Å². The van der Waals surface area contributed by atoms with Crippen LogP contribution in [0, 0.1) is 0 Å². The zero-order chi connectivity index (χ0) is 10.3. The molecule has 0 atom stereocenters. The second-order valence-electron chi connectivity index (χ2n) is 1.22. The average molecular weight is 304 g/mol. The maximum Gasteiger partial charge on any atom is 0.414 e. The van der Waals surface area contributed by atoms with E-state index in [2.05, 4.69) is 0 Å². The smallest absolute Gasteiger partial charge is 0.414 e. The Morgan fingerprint density at radius 1 is 0.571 bits per heavy atom. The van der Waals surface area contributed by atoms with Gasteiger partial charge in [0, 0.05) is 36.3 Å². The molecule has 10 heteroatoms. The summed E-state index contributed by atoms with van der Waals surface area (Å²) < 4.78 is 0. The number of rotatable bonds is 0. The van der Waals surface area contributed by atoms with E-state index in [1.165, 1.54) is 0 Å². The molecule has 0 aromatic rings. The second-order valence-corrected chi connectivity index (χ2v) is 1.22. The van der Waals surface area contributed by atoms with Gasteiger partial charge in [-0.2, -0.15) is 0 Å². The van der Waals surface area contributed by atoms with Crippen molar-refractivity contribution in [2.45, 2.75) is 0 Å². The largest absolute Gasteiger partial charge is 0.473 e. The van der Waals surface area contributed by atoms with Crippen LogP contribution in [-0.2, 0) is 55.4 Å². The number of carboxylic acids is 4. The maximum absolute atomic E-state index is 9.10. The predicted octanol–water partition coefficient (Wildman–Crippen LogP) is -1.69. The topological polar surface area (TPSA) is 149 Å². The van der Waals surface area contributed by atoms with Gasteiger partial charge in [-0.25, -0.2) is 19.2 Å². The summed E-state index contributed by atoms with van der Waals surface area (Å²) in [6.07, 6.45) is 0. The van der Waals surface area contributed by atoms with Gasteiger partial charge in [-0.3, -0.25) is 0 Å². The summed E-state index contributed by atoms with van der Waals surface area (Å²) in [5.41, 5.74) is 0. The summed E-state index contributed by atoms with van der Waals surface area (Å²) in [5.74, 6) is -7.30. The Labute approximate surface area is 99.9 Å². The van der Waals surface area contributed by atoms with Crippen LogP contribution in [0.15, 0.2) is 0 Å². The van der Waals surface area contributed by atoms with Gasteiger partial charge in [0.1, 0.15) is 0 Å². The fourth-order valence-corrected chi connectivity index (χ4v) is 0. The molecule has 0 fully saturated rings. The Balaban J connectivity index is -0.0000000625. The van der Waals surface area contributed by atoms with Crippen molar-refractivity contribution in [2.75, 3.05) is 0 Å². The Hall–Kier alpha value is -0.990. The van der Waals surface area contributed by atoms with Gasteiger partial charge in [-0.1, -0.05) is 0 Å². The first kappa shape index (κ1) is 23.1. The van der Waals surface area contributed by atoms with Gasteiger partial charge in [-0.05, 0) is 0 Å². The van der Waals surface area contributed by atoms with Crippen LogP contribution in [0.25, 0.3) is 0 Å². The molecular weight excluding hydrogens is 300 g/mol. The number of hydrogen-bond acceptors (Lipinski definition) is 4. The molecule has 0 spiro atoms. The van der Waals surface area contributed by atoms with Gasteiger partial charge in [0.15, 0.2) is 0 Å². The van der Waals surface area contributed by atoms with Gasteiger partial charge >= 0.3 is 23.9 Å². The molecule has 14 heavy (non-hydrogen) atoms. The summed E-state index contributed by atoms with van der Waals surface area (Å²) in [6.45, 7) is 0. The van der Waals surface area contributed by atoms with Crippen LogP contribution >= 0.6 is 0 Å². The van der Waals surface area contributed by atoms with Crippen LogP contribution in [0.4, 0.5) is 0 Å². The van der Waals surface area contributed by atoms with E-state index in [0.29, 0.717) is 0 Å². The van der Waals surface area contributed by atoms with Crippen molar-refractivity contribution >= 4 is 23.9 Å². The van der Waals surface area contributed by atoms with Crippen molar-refractivity contribution in [3.05, 3.63) is 0 Å². The van der Waals surface area contributed by atoms with Crippen molar-refractivity contribution in [1.29, 1.82) is 0 Å². The number of carbonyl (C=O) groups is 4. The minimum absolute atomic E-state index is 0. The van der Waals surface area contributed by atoms with E-state index in [9.17, 15) is 0 Å². The summed E-state index contributed by atoms with van der Waals surface area (Å²) >= 11 is 0. The predicted molar refractivity (Wildman–Crippen MR) is 30.5 cm³/mol. The molecule has 0 aliphatic carbocycles. The molecule has 0 aromatic carbocycles. The molecule has 1 radical (unpaired) electrons. The van der Waals surface area contributed by atoms with Crippen LogP contribution in [-0.4, -0.2) is 44.3 Å².